The van der Waals surface area contributed by atoms with Crippen LogP contribution < -0.4 is 11.1 Å². The van der Waals surface area contributed by atoms with Gasteiger partial charge < -0.3 is 15.6 Å². The van der Waals surface area contributed by atoms with E-state index in [1.165, 1.54) is 0 Å². The summed E-state index contributed by atoms with van der Waals surface area (Å²) in [6, 6.07) is 1.89. The molecular formula is C13H19N5O. The fourth-order valence-electron chi connectivity index (χ4n) is 1.66. The molecule has 3 N–H and O–H groups in total. The fourth-order valence-corrected chi connectivity index (χ4v) is 1.66. The zero-order valence-electron chi connectivity index (χ0n) is 11.7. The van der Waals surface area contributed by atoms with E-state index in [9.17, 15) is 0 Å². The molecule has 2 rings (SSSR count). The molecule has 0 spiro atoms. The van der Waals surface area contributed by atoms with Crippen molar-refractivity contribution in [1.82, 2.24) is 15.1 Å². The Morgan fingerprint density at radius 1 is 1.32 bits per heavy atom. The molecule has 0 aliphatic carbocycles. The van der Waals surface area contributed by atoms with Gasteiger partial charge in [0, 0.05) is 17.5 Å². The lowest BCUT2D eigenvalue weighted by atomic mass is 10.2. The van der Waals surface area contributed by atoms with Gasteiger partial charge in [0.05, 0.1) is 6.54 Å². The molecule has 0 atom stereocenters. The summed E-state index contributed by atoms with van der Waals surface area (Å²) in [6.07, 6.45) is 0. The predicted octanol–water partition coefficient (Wildman–Crippen LogP) is 2.40. The van der Waals surface area contributed by atoms with Crippen LogP contribution in [0.4, 0.5) is 11.6 Å². The number of aromatic nitrogens is 3. The summed E-state index contributed by atoms with van der Waals surface area (Å²) in [5.41, 5.74) is 7.59. The number of nitrogen functional groups attached to an aromatic ring is 1. The van der Waals surface area contributed by atoms with E-state index in [4.69, 9.17) is 10.3 Å². The summed E-state index contributed by atoms with van der Waals surface area (Å²) < 4.78 is 5.02. The molecule has 0 radical (unpaired) electrons. The molecule has 0 saturated heterocycles. The highest BCUT2D eigenvalue weighted by Gasteiger charge is 2.11. The number of hydrogen-bond acceptors (Lipinski definition) is 6. The van der Waals surface area contributed by atoms with Crippen LogP contribution in [0.3, 0.4) is 0 Å². The third-order valence-electron chi connectivity index (χ3n) is 2.83. The second-order valence-corrected chi connectivity index (χ2v) is 4.88. The summed E-state index contributed by atoms with van der Waals surface area (Å²) in [4.78, 5) is 8.78. The van der Waals surface area contributed by atoms with Crippen molar-refractivity contribution < 1.29 is 4.52 Å². The van der Waals surface area contributed by atoms with Gasteiger partial charge >= 0.3 is 0 Å². The highest BCUT2D eigenvalue weighted by atomic mass is 16.5. The summed E-state index contributed by atoms with van der Waals surface area (Å²) in [5.74, 6) is 3.02. The van der Waals surface area contributed by atoms with Gasteiger partial charge in [-0.1, -0.05) is 19.0 Å². The van der Waals surface area contributed by atoms with Gasteiger partial charge in [-0.15, -0.1) is 0 Å². The standard InChI is InChI=1S/C13H19N5O/c1-7(2)12-16-11(14)9(4)13(17-12)15-6-10-5-8(3)19-18-10/h5,7H,6H2,1-4H3,(H3,14,15,16,17). The molecule has 102 valence electrons. The molecule has 6 heteroatoms. The molecule has 2 aromatic rings. The van der Waals surface area contributed by atoms with Gasteiger partial charge in [-0.2, -0.15) is 0 Å². The maximum Gasteiger partial charge on any atom is 0.135 e. The Balaban J connectivity index is 2.19. The van der Waals surface area contributed by atoms with Crippen LogP contribution in [0.15, 0.2) is 10.6 Å². The van der Waals surface area contributed by atoms with Crippen molar-refractivity contribution in [3.8, 4) is 0 Å². The maximum atomic E-state index is 5.91. The molecule has 0 bridgehead atoms. The molecular weight excluding hydrogens is 242 g/mol. The summed E-state index contributed by atoms with van der Waals surface area (Å²) >= 11 is 0. The lowest BCUT2D eigenvalue weighted by Gasteiger charge is -2.12. The van der Waals surface area contributed by atoms with Crippen molar-refractivity contribution in [2.24, 2.45) is 0 Å². The van der Waals surface area contributed by atoms with E-state index < -0.39 is 0 Å². The van der Waals surface area contributed by atoms with Crippen LogP contribution in [0.25, 0.3) is 0 Å². The number of rotatable bonds is 4. The van der Waals surface area contributed by atoms with Crippen LogP contribution in [0.1, 0.15) is 42.6 Å². The number of aryl methyl sites for hydroxylation is 1. The first-order valence-electron chi connectivity index (χ1n) is 6.27. The van der Waals surface area contributed by atoms with Crippen molar-refractivity contribution in [3.63, 3.8) is 0 Å². The SMILES string of the molecule is Cc1cc(CNc2nc(C(C)C)nc(N)c2C)no1. The van der Waals surface area contributed by atoms with Gasteiger partial charge in [-0.05, 0) is 13.8 Å². The summed E-state index contributed by atoms with van der Waals surface area (Å²) in [6.45, 7) is 8.38. The van der Waals surface area contributed by atoms with Crippen LogP contribution in [0, 0.1) is 13.8 Å². The molecule has 0 unspecified atom stereocenters. The van der Waals surface area contributed by atoms with Gasteiger partial charge in [0.1, 0.15) is 28.9 Å². The number of nitrogens with zero attached hydrogens (tertiary/aromatic N) is 3. The number of hydrogen-bond donors (Lipinski definition) is 2. The second kappa shape index (κ2) is 5.26. The minimum absolute atomic E-state index is 0.234. The van der Waals surface area contributed by atoms with Crippen molar-refractivity contribution in [2.45, 2.75) is 40.2 Å². The van der Waals surface area contributed by atoms with Gasteiger partial charge in [-0.3, -0.25) is 0 Å². The Bertz CT molecular complexity index is 576. The first-order valence-corrected chi connectivity index (χ1v) is 6.27. The first kappa shape index (κ1) is 13.3. The topological polar surface area (TPSA) is 89.9 Å². The number of anilines is 2. The highest BCUT2D eigenvalue weighted by Crippen LogP contribution is 2.21. The number of nitrogens with two attached hydrogens (primary N) is 1. The van der Waals surface area contributed by atoms with Gasteiger partial charge in [0.2, 0.25) is 0 Å². The van der Waals surface area contributed by atoms with E-state index in [0.29, 0.717) is 12.4 Å². The largest absolute Gasteiger partial charge is 0.383 e. The van der Waals surface area contributed by atoms with E-state index >= 15 is 0 Å². The Labute approximate surface area is 112 Å². The smallest absolute Gasteiger partial charge is 0.135 e. The molecule has 2 heterocycles. The third kappa shape index (κ3) is 3.01. The van der Waals surface area contributed by atoms with Crippen LogP contribution >= 0.6 is 0 Å². The molecule has 0 aliphatic rings. The van der Waals surface area contributed by atoms with Crippen LogP contribution in [-0.2, 0) is 6.54 Å². The molecule has 0 aromatic carbocycles. The first-order chi connectivity index (χ1) is 8.97. The quantitative estimate of drug-likeness (QED) is 0.878. The van der Waals surface area contributed by atoms with Gasteiger partial charge in [-0.25, -0.2) is 9.97 Å². The van der Waals surface area contributed by atoms with Crippen LogP contribution in [-0.4, -0.2) is 15.1 Å². The lowest BCUT2D eigenvalue weighted by Crippen LogP contribution is -2.10. The Hall–Kier alpha value is -2.11. The Kier molecular flexibility index (Phi) is 3.69. The molecule has 19 heavy (non-hydrogen) atoms. The summed E-state index contributed by atoms with van der Waals surface area (Å²) in [7, 11) is 0. The monoisotopic (exact) mass is 261 g/mol. The zero-order valence-corrected chi connectivity index (χ0v) is 11.7. The average Bonchev–Trinajstić information content (AvgIpc) is 2.76. The minimum atomic E-state index is 0.234. The van der Waals surface area contributed by atoms with E-state index in [2.05, 4.69) is 20.4 Å². The molecule has 0 aliphatic heterocycles. The van der Waals surface area contributed by atoms with Crippen LogP contribution in [0.2, 0.25) is 0 Å². The molecule has 0 saturated carbocycles. The molecule has 0 amide bonds. The van der Waals surface area contributed by atoms with Gasteiger partial charge in [0.25, 0.3) is 0 Å². The minimum Gasteiger partial charge on any atom is -0.383 e. The lowest BCUT2D eigenvalue weighted by molar-refractivity contribution is 0.391. The Morgan fingerprint density at radius 2 is 2.05 bits per heavy atom. The van der Waals surface area contributed by atoms with Gasteiger partial charge in [0.15, 0.2) is 0 Å². The third-order valence-corrected chi connectivity index (χ3v) is 2.83. The fraction of sp³-hybridized carbons (Fsp3) is 0.462. The maximum absolute atomic E-state index is 5.91. The Morgan fingerprint density at radius 3 is 2.63 bits per heavy atom. The molecule has 2 aromatic heterocycles. The van der Waals surface area contributed by atoms with E-state index in [1.54, 1.807) is 0 Å². The normalized spacial score (nSPS) is 11.0. The van der Waals surface area contributed by atoms with Crippen molar-refractivity contribution in [1.29, 1.82) is 0 Å². The second-order valence-electron chi connectivity index (χ2n) is 4.88. The van der Waals surface area contributed by atoms with E-state index in [0.717, 1.165) is 28.7 Å². The number of nitrogens with one attached hydrogen (secondary N) is 1. The molecule has 0 fully saturated rings. The van der Waals surface area contributed by atoms with E-state index in [1.807, 2.05) is 33.8 Å². The molecule has 6 nitrogen and oxygen atoms in total. The van der Waals surface area contributed by atoms with Crippen molar-refractivity contribution in [2.75, 3.05) is 11.1 Å². The summed E-state index contributed by atoms with van der Waals surface area (Å²) in [5, 5.41) is 7.15. The predicted molar refractivity (Wildman–Crippen MR) is 73.8 cm³/mol. The van der Waals surface area contributed by atoms with Crippen LogP contribution in [0.5, 0.6) is 0 Å². The van der Waals surface area contributed by atoms with Crippen molar-refractivity contribution >= 4 is 11.6 Å². The average molecular weight is 261 g/mol. The highest BCUT2D eigenvalue weighted by molar-refractivity contribution is 5.55. The van der Waals surface area contributed by atoms with E-state index in [-0.39, 0.29) is 5.92 Å². The van der Waals surface area contributed by atoms with Crippen molar-refractivity contribution in [3.05, 3.63) is 28.9 Å². The zero-order chi connectivity index (χ0) is 14.0.